The molecule has 0 saturated carbocycles. The molecule has 0 unspecified atom stereocenters. The van der Waals surface area contributed by atoms with Gasteiger partial charge in [0.25, 0.3) is 0 Å². The lowest BCUT2D eigenvalue weighted by Crippen LogP contribution is -2.35. The zero-order valence-corrected chi connectivity index (χ0v) is 15.0. The number of rotatable bonds is 4. The van der Waals surface area contributed by atoms with E-state index < -0.39 is 0 Å². The largest absolute Gasteiger partial charge is 0.353 e. The van der Waals surface area contributed by atoms with E-state index in [-0.39, 0.29) is 11.9 Å². The summed E-state index contributed by atoms with van der Waals surface area (Å²) < 4.78 is 4.03. The minimum atomic E-state index is 0.218. The van der Waals surface area contributed by atoms with Crippen molar-refractivity contribution in [1.82, 2.24) is 19.2 Å². The molecular formula is C19H28N4O. The second kappa shape index (κ2) is 7.24. The van der Waals surface area contributed by atoms with Gasteiger partial charge >= 0.3 is 0 Å². The molecule has 1 amide bonds. The van der Waals surface area contributed by atoms with Crippen molar-refractivity contribution in [1.29, 1.82) is 0 Å². The number of hydrogen-bond donors (Lipinski definition) is 0. The van der Waals surface area contributed by atoms with Gasteiger partial charge in [-0.2, -0.15) is 5.10 Å². The van der Waals surface area contributed by atoms with Crippen molar-refractivity contribution in [3.8, 4) is 0 Å². The molecule has 1 aliphatic heterocycles. The maximum atomic E-state index is 12.9. The van der Waals surface area contributed by atoms with Crippen molar-refractivity contribution in [3.63, 3.8) is 0 Å². The fourth-order valence-electron chi connectivity index (χ4n) is 3.71. The second-order valence-corrected chi connectivity index (χ2v) is 6.88. The van der Waals surface area contributed by atoms with E-state index in [4.69, 9.17) is 0 Å². The Bertz CT molecular complexity index is 700. The smallest absolute Gasteiger partial charge is 0.223 e. The Morgan fingerprint density at radius 1 is 1.29 bits per heavy atom. The van der Waals surface area contributed by atoms with E-state index in [1.54, 1.807) is 0 Å². The van der Waals surface area contributed by atoms with Gasteiger partial charge in [0.15, 0.2) is 0 Å². The van der Waals surface area contributed by atoms with Crippen molar-refractivity contribution in [2.45, 2.75) is 51.5 Å². The van der Waals surface area contributed by atoms with Crippen LogP contribution in [0.4, 0.5) is 0 Å². The monoisotopic (exact) mass is 328 g/mol. The molecule has 0 spiro atoms. The molecule has 1 saturated heterocycles. The maximum Gasteiger partial charge on any atom is 0.223 e. The first-order valence-electron chi connectivity index (χ1n) is 8.96. The Morgan fingerprint density at radius 3 is 2.79 bits per heavy atom. The van der Waals surface area contributed by atoms with Gasteiger partial charge in [-0.25, -0.2) is 0 Å². The van der Waals surface area contributed by atoms with Gasteiger partial charge in [-0.15, -0.1) is 0 Å². The minimum Gasteiger partial charge on any atom is -0.353 e. The van der Waals surface area contributed by atoms with Gasteiger partial charge in [0.2, 0.25) is 5.91 Å². The van der Waals surface area contributed by atoms with Gasteiger partial charge in [0.1, 0.15) is 0 Å². The van der Waals surface area contributed by atoms with E-state index in [0.29, 0.717) is 6.42 Å². The molecular weight excluding hydrogens is 300 g/mol. The fourth-order valence-corrected chi connectivity index (χ4v) is 3.71. The normalized spacial score (nSPS) is 18.6. The molecule has 1 fully saturated rings. The highest BCUT2D eigenvalue weighted by Crippen LogP contribution is 2.31. The highest BCUT2D eigenvalue weighted by atomic mass is 16.2. The van der Waals surface area contributed by atoms with Crippen LogP contribution in [-0.2, 0) is 25.3 Å². The quantitative estimate of drug-likeness (QED) is 0.865. The Kier molecular flexibility index (Phi) is 5.07. The molecule has 3 heterocycles. The number of aryl methyl sites for hydroxylation is 3. The van der Waals surface area contributed by atoms with Gasteiger partial charge in [-0.3, -0.25) is 9.48 Å². The van der Waals surface area contributed by atoms with Crippen LogP contribution in [0, 0.1) is 6.92 Å². The SMILES string of the molecule is Cc1c(CCC(=O)N2CCCCC[C@@H]2c2cccn2C)cnn1C. The lowest BCUT2D eigenvalue weighted by atomic mass is 10.1. The lowest BCUT2D eigenvalue weighted by molar-refractivity contribution is -0.133. The predicted molar refractivity (Wildman–Crippen MR) is 94.6 cm³/mol. The van der Waals surface area contributed by atoms with Crippen molar-refractivity contribution < 1.29 is 4.79 Å². The summed E-state index contributed by atoms with van der Waals surface area (Å²) in [6.45, 7) is 2.94. The predicted octanol–water partition coefficient (Wildman–Crippen LogP) is 3.14. The van der Waals surface area contributed by atoms with Crippen molar-refractivity contribution in [2.75, 3.05) is 6.54 Å². The summed E-state index contributed by atoms with van der Waals surface area (Å²) >= 11 is 0. The van der Waals surface area contributed by atoms with E-state index in [0.717, 1.165) is 31.5 Å². The fraction of sp³-hybridized carbons (Fsp3) is 0.579. The number of carbonyl (C=O) groups is 1. The Balaban J connectivity index is 1.72. The van der Waals surface area contributed by atoms with Crippen molar-refractivity contribution in [2.24, 2.45) is 14.1 Å². The first kappa shape index (κ1) is 16.8. The molecule has 5 nitrogen and oxygen atoms in total. The van der Waals surface area contributed by atoms with Gasteiger partial charge in [-0.1, -0.05) is 12.8 Å². The third-order valence-corrected chi connectivity index (χ3v) is 5.34. The zero-order valence-electron chi connectivity index (χ0n) is 15.0. The highest BCUT2D eigenvalue weighted by Gasteiger charge is 2.28. The van der Waals surface area contributed by atoms with Crippen LogP contribution < -0.4 is 0 Å². The molecule has 0 bridgehead atoms. The van der Waals surface area contributed by atoms with Gasteiger partial charge in [-0.05, 0) is 43.9 Å². The molecule has 130 valence electrons. The third kappa shape index (κ3) is 3.40. The molecule has 1 atom stereocenters. The molecule has 0 aromatic carbocycles. The van der Waals surface area contributed by atoms with E-state index in [1.807, 2.05) is 17.9 Å². The molecule has 2 aromatic heterocycles. The molecule has 0 radical (unpaired) electrons. The summed E-state index contributed by atoms with van der Waals surface area (Å²) in [4.78, 5) is 15.1. The maximum absolute atomic E-state index is 12.9. The summed E-state index contributed by atoms with van der Waals surface area (Å²) in [6, 6.07) is 4.44. The Labute approximate surface area is 144 Å². The van der Waals surface area contributed by atoms with E-state index in [1.165, 1.54) is 24.1 Å². The van der Waals surface area contributed by atoms with Gasteiger partial charge < -0.3 is 9.47 Å². The number of carbonyl (C=O) groups excluding carboxylic acids is 1. The molecule has 0 aliphatic carbocycles. The van der Waals surface area contributed by atoms with E-state index >= 15 is 0 Å². The minimum absolute atomic E-state index is 0.218. The first-order chi connectivity index (χ1) is 11.6. The number of likely N-dealkylation sites (tertiary alicyclic amines) is 1. The average molecular weight is 328 g/mol. The molecule has 3 rings (SSSR count). The summed E-state index contributed by atoms with van der Waals surface area (Å²) in [7, 11) is 4.02. The molecule has 1 aliphatic rings. The highest BCUT2D eigenvalue weighted by molar-refractivity contribution is 5.77. The lowest BCUT2D eigenvalue weighted by Gasteiger charge is -2.30. The average Bonchev–Trinajstić information content (AvgIpc) is 3.03. The van der Waals surface area contributed by atoms with Crippen LogP contribution in [0.5, 0.6) is 0 Å². The van der Waals surface area contributed by atoms with Crippen LogP contribution >= 0.6 is 0 Å². The van der Waals surface area contributed by atoms with E-state index in [9.17, 15) is 4.79 Å². The van der Waals surface area contributed by atoms with Gasteiger partial charge in [0, 0.05) is 44.6 Å². The van der Waals surface area contributed by atoms with Crippen molar-refractivity contribution >= 4 is 5.91 Å². The molecule has 2 aromatic rings. The number of hydrogen-bond acceptors (Lipinski definition) is 2. The number of amides is 1. The first-order valence-corrected chi connectivity index (χ1v) is 8.96. The third-order valence-electron chi connectivity index (χ3n) is 5.34. The van der Waals surface area contributed by atoms with Crippen LogP contribution in [0.15, 0.2) is 24.5 Å². The number of nitrogens with zero attached hydrogens (tertiary/aromatic N) is 4. The Hall–Kier alpha value is -2.04. The summed E-state index contributed by atoms with van der Waals surface area (Å²) in [5, 5.41) is 4.28. The molecule has 0 N–H and O–H groups in total. The van der Waals surface area contributed by atoms with Crippen LogP contribution in [0.25, 0.3) is 0 Å². The summed E-state index contributed by atoms with van der Waals surface area (Å²) in [5.74, 6) is 0.270. The number of aromatic nitrogens is 3. The van der Waals surface area contributed by atoms with Gasteiger partial charge in [0.05, 0.1) is 12.2 Å². The van der Waals surface area contributed by atoms with E-state index in [2.05, 4.69) is 46.9 Å². The summed E-state index contributed by atoms with van der Waals surface area (Å²) in [6.07, 6.45) is 9.88. The molecule has 24 heavy (non-hydrogen) atoms. The topological polar surface area (TPSA) is 43.1 Å². The Morgan fingerprint density at radius 2 is 2.12 bits per heavy atom. The van der Waals surface area contributed by atoms with Crippen LogP contribution in [0.2, 0.25) is 0 Å². The molecule has 5 heteroatoms. The summed E-state index contributed by atoms with van der Waals surface area (Å²) in [5.41, 5.74) is 3.58. The standard InChI is InChI=1S/C19H28N4O/c1-15-16(14-20-22(15)3)10-11-19(24)23-13-6-4-5-8-18(23)17-9-7-12-21(17)2/h7,9,12,14,18H,4-6,8,10-11,13H2,1-3H3/t18-/m1/s1. The van der Waals surface area contributed by atoms with Crippen LogP contribution in [0.3, 0.4) is 0 Å². The van der Waals surface area contributed by atoms with Crippen molar-refractivity contribution in [3.05, 3.63) is 41.5 Å². The zero-order chi connectivity index (χ0) is 17.1. The van der Waals surface area contributed by atoms with Crippen LogP contribution in [-0.4, -0.2) is 31.7 Å². The second-order valence-electron chi connectivity index (χ2n) is 6.88. The van der Waals surface area contributed by atoms with Crippen LogP contribution in [0.1, 0.15) is 55.1 Å².